The van der Waals surface area contributed by atoms with Gasteiger partial charge >= 0.3 is 0 Å². The van der Waals surface area contributed by atoms with Gasteiger partial charge in [0.25, 0.3) is 0 Å². The monoisotopic (exact) mass is 1480 g/mol. The highest BCUT2D eigenvalue weighted by atomic mass is 16.2. The number of nitrogens with one attached hydrogen (secondary N) is 13. The van der Waals surface area contributed by atoms with Gasteiger partial charge in [-0.1, -0.05) is 95.9 Å². The molecule has 0 heterocycles. The third-order valence-corrected chi connectivity index (χ3v) is 17.5. The first kappa shape index (κ1) is 95.9. The van der Waals surface area contributed by atoms with E-state index in [0.29, 0.717) is 57.9 Å². The van der Waals surface area contributed by atoms with Gasteiger partial charge in [-0.2, -0.15) is 0 Å². The number of carbonyl (C=O) groups is 15. The van der Waals surface area contributed by atoms with Crippen LogP contribution in [0.5, 0.6) is 0 Å². The molecule has 0 radical (unpaired) electrons. The number of amides is 15. The predicted molar refractivity (Wildman–Crippen MR) is 394 cm³/mol. The number of unbranched alkanes of at least 4 members (excludes halogenated alkanes) is 3. The summed E-state index contributed by atoms with van der Waals surface area (Å²) >= 11 is 0. The molecule has 0 aromatic carbocycles. The minimum Gasteiger partial charge on any atom is -0.370 e. The van der Waals surface area contributed by atoms with Crippen molar-refractivity contribution in [3.63, 3.8) is 0 Å². The molecule has 596 valence electrons. The van der Waals surface area contributed by atoms with Gasteiger partial charge in [0.15, 0.2) is 0 Å². The van der Waals surface area contributed by atoms with Crippen molar-refractivity contribution in [2.75, 3.05) is 19.6 Å². The van der Waals surface area contributed by atoms with E-state index in [1.807, 2.05) is 27.7 Å². The van der Waals surface area contributed by atoms with Crippen molar-refractivity contribution in [2.45, 2.75) is 298 Å². The zero-order valence-corrected chi connectivity index (χ0v) is 64.6. The molecule has 0 fully saturated rings. The molecule has 25 N–H and O–H groups in total. The van der Waals surface area contributed by atoms with Crippen LogP contribution < -0.4 is 104 Å². The molecule has 34 nitrogen and oxygen atoms in total. The fourth-order valence-corrected chi connectivity index (χ4v) is 10.8. The molecule has 0 saturated carbocycles. The van der Waals surface area contributed by atoms with Gasteiger partial charge in [-0.3, -0.25) is 71.9 Å². The van der Waals surface area contributed by atoms with Crippen LogP contribution in [0.25, 0.3) is 0 Å². The Labute approximate surface area is 615 Å². The van der Waals surface area contributed by atoms with E-state index in [0.717, 1.165) is 0 Å². The molecule has 0 rings (SSSR count). The van der Waals surface area contributed by atoms with Crippen molar-refractivity contribution in [3.8, 4) is 0 Å². The molecule has 0 aromatic heterocycles. The van der Waals surface area contributed by atoms with Crippen molar-refractivity contribution in [1.29, 1.82) is 0 Å². The maximum atomic E-state index is 14.2. The van der Waals surface area contributed by atoms with Crippen LogP contribution in [0.4, 0.5) is 0 Å². The van der Waals surface area contributed by atoms with Crippen LogP contribution in [0.15, 0.2) is 0 Å². The highest BCUT2D eigenvalue weighted by molar-refractivity contribution is 6.00. The fourth-order valence-electron chi connectivity index (χ4n) is 10.8. The van der Waals surface area contributed by atoms with Crippen molar-refractivity contribution < 1.29 is 71.9 Å². The Morgan fingerprint density at radius 3 is 0.856 bits per heavy atom. The maximum Gasteiger partial charge on any atom is 0.243 e. The summed E-state index contributed by atoms with van der Waals surface area (Å²) in [4.78, 5) is 204. The van der Waals surface area contributed by atoms with Crippen molar-refractivity contribution in [1.82, 2.24) is 69.1 Å². The first-order chi connectivity index (χ1) is 48.6. The summed E-state index contributed by atoms with van der Waals surface area (Å²) in [5, 5.41) is 34.1. The van der Waals surface area contributed by atoms with Gasteiger partial charge in [0.05, 0.1) is 12.5 Å². The van der Waals surface area contributed by atoms with E-state index in [1.165, 1.54) is 27.7 Å². The lowest BCUT2D eigenvalue weighted by Gasteiger charge is -2.29. The molecule has 34 heteroatoms. The lowest BCUT2D eigenvalue weighted by molar-refractivity contribution is -0.136. The molecular formula is C70H131N19O15. The largest absolute Gasteiger partial charge is 0.370 e. The van der Waals surface area contributed by atoms with Gasteiger partial charge < -0.3 is 104 Å². The van der Waals surface area contributed by atoms with Crippen LogP contribution in [0.2, 0.25) is 0 Å². The third kappa shape index (κ3) is 37.5. The molecule has 0 aliphatic heterocycles. The van der Waals surface area contributed by atoms with Crippen molar-refractivity contribution in [2.24, 2.45) is 69.9 Å². The lowest BCUT2D eigenvalue weighted by Crippen LogP contribution is -2.60. The number of hydrogen-bond acceptors (Lipinski definition) is 19. The summed E-state index contributed by atoms with van der Waals surface area (Å²) < 4.78 is 0. The van der Waals surface area contributed by atoms with E-state index >= 15 is 0 Å². The van der Waals surface area contributed by atoms with Gasteiger partial charge in [-0.15, -0.1) is 0 Å². The average molecular weight is 1480 g/mol. The summed E-state index contributed by atoms with van der Waals surface area (Å²) in [5.41, 5.74) is 34.4. The zero-order valence-electron chi connectivity index (χ0n) is 64.6. The minimum absolute atomic E-state index is 0.00729. The van der Waals surface area contributed by atoms with Crippen LogP contribution in [0.3, 0.4) is 0 Å². The molecule has 16 atom stereocenters. The summed E-state index contributed by atoms with van der Waals surface area (Å²) in [6, 6.07) is -17.3. The van der Waals surface area contributed by atoms with Crippen LogP contribution in [-0.4, -0.2) is 193 Å². The van der Waals surface area contributed by atoms with E-state index < -0.39 is 186 Å². The molecule has 0 aliphatic carbocycles. The zero-order chi connectivity index (χ0) is 79.8. The van der Waals surface area contributed by atoms with Crippen LogP contribution in [0, 0.1) is 35.5 Å². The molecule has 104 heavy (non-hydrogen) atoms. The van der Waals surface area contributed by atoms with Gasteiger partial charge in [0.1, 0.15) is 78.5 Å². The normalized spacial score (nSPS) is 16.0. The molecule has 0 spiro atoms. The second kappa shape index (κ2) is 50.4. The number of rotatable bonds is 53. The Bertz CT molecular complexity index is 2790. The molecule has 0 aliphatic rings. The third-order valence-electron chi connectivity index (χ3n) is 17.5. The van der Waals surface area contributed by atoms with Gasteiger partial charge in [0, 0.05) is 0 Å². The Balaban J connectivity index is 6.37. The van der Waals surface area contributed by atoms with Crippen LogP contribution in [0.1, 0.15) is 214 Å². The van der Waals surface area contributed by atoms with Gasteiger partial charge in [-0.05, 0) is 166 Å². The second-order valence-corrected chi connectivity index (χ2v) is 29.1. The average Bonchev–Trinajstić information content (AvgIpc) is 0.858. The van der Waals surface area contributed by atoms with E-state index in [2.05, 4.69) is 69.1 Å². The van der Waals surface area contributed by atoms with Crippen LogP contribution in [-0.2, 0) is 71.9 Å². The van der Waals surface area contributed by atoms with Gasteiger partial charge in [0.2, 0.25) is 88.6 Å². The molecule has 0 saturated heterocycles. The molecule has 15 amide bonds. The molecule has 0 bridgehead atoms. The van der Waals surface area contributed by atoms with E-state index in [1.54, 1.807) is 55.4 Å². The minimum atomic E-state index is -1.48. The smallest absolute Gasteiger partial charge is 0.243 e. The fraction of sp³-hybridized carbons (Fsp3) is 0.786. The molecular weight excluding hydrogens is 1350 g/mol. The topological polar surface area (TPSA) is 569 Å². The lowest BCUT2D eigenvalue weighted by atomic mass is 9.96. The summed E-state index contributed by atoms with van der Waals surface area (Å²) in [6.45, 7) is 27.8. The summed E-state index contributed by atoms with van der Waals surface area (Å²) in [6.07, 6.45) is 3.63. The Morgan fingerprint density at radius 1 is 0.279 bits per heavy atom. The first-order valence-corrected chi connectivity index (χ1v) is 37.0. The number of carbonyl (C=O) groups excluding carboxylic acids is 15. The van der Waals surface area contributed by atoms with Crippen molar-refractivity contribution in [3.05, 3.63) is 0 Å². The Morgan fingerprint density at radius 2 is 0.529 bits per heavy atom. The van der Waals surface area contributed by atoms with E-state index in [4.69, 9.17) is 34.4 Å². The number of hydrogen-bond donors (Lipinski definition) is 19. The SMILES string of the molecule is CC[C@@H](C)[C@H](N)C(=O)N[C@@H](CC(N)=O)C(=O)N[C@@H](CC(C)C)C(=O)N[C@@H](CCCCN)C(=O)N[C@@H](C)C(=O)N[C@H](CC(C)C)C(=O)N[C@H](C)C(=O)N[C@@H](C)C(=O)N[C@H](CC(C)C)C(=O)N[C@H](C)C(=O)N[C@H](CCCCN)C(=O)N[C@H](CCCCN)C(=O)N[C@H](C(=O)N[C@@H](CC(C)C)C(N)=O)[C@@H](C)CC. The Hall–Kier alpha value is -8.11. The number of primary amides is 2. The van der Waals surface area contributed by atoms with Gasteiger partial charge in [-0.25, -0.2) is 0 Å². The van der Waals surface area contributed by atoms with Crippen LogP contribution >= 0.6 is 0 Å². The highest BCUT2D eigenvalue weighted by Gasteiger charge is 2.38. The first-order valence-electron chi connectivity index (χ1n) is 37.0. The van der Waals surface area contributed by atoms with E-state index in [9.17, 15) is 71.9 Å². The number of nitrogens with two attached hydrogens (primary N) is 6. The van der Waals surface area contributed by atoms with E-state index in [-0.39, 0.29) is 87.6 Å². The van der Waals surface area contributed by atoms with Crippen molar-refractivity contribution >= 4 is 88.6 Å². The molecule has 0 unspecified atom stereocenters. The predicted octanol–water partition coefficient (Wildman–Crippen LogP) is -2.28. The quantitative estimate of drug-likeness (QED) is 0.0285. The highest BCUT2D eigenvalue weighted by Crippen LogP contribution is 2.16. The maximum absolute atomic E-state index is 14.2. The summed E-state index contributed by atoms with van der Waals surface area (Å²) in [5.74, 6) is -13.0. The second-order valence-electron chi connectivity index (χ2n) is 29.1. The molecule has 0 aromatic rings. The Kier molecular flexibility index (Phi) is 46.4. The summed E-state index contributed by atoms with van der Waals surface area (Å²) in [7, 11) is 0. The standard InChI is InChI=1S/C70H131N19O15/c1-17-40(11)55(75)69(103)88-53(35-54(74)90)68(102)87-52(34-39(9)10)67(101)83-46(25-19-22-28-71)62(96)78-45(16)61(95)86-50(32-37(5)6)65(99)79-42(13)58(92)77-43(14)60(94)85-51(33-38(7)8)66(100)80-44(15)59(93)81-47(26-20-23-29-72)63(97)82-48(27-21-24-30-73)64(98)89-56(41(12)18-2)70(104)84-49(57(76)91)31-36(3)4/h36-53,55-56H,17-35,71-73,75H2,1-16H3,(H2,74,90)(H2,76,91)(H,77,92)(H,78,96)(H,79,99)(H,80,100)(H,81,93)(H,82,97)(H,83,101)(H,84,104)(H,85,94)(H,86,95)(H,87,102)(H,88,103)(H,89,98)/t40-,41+,42-,43+,44-,45+,46+,47-,48-,49+,50-,51-,52+,53+,55+,56+/m1/s1.